The predicted octanol–water partition coefficient (Wildman–Crippen LogP) is 3.12. The van der Waals surface area contributed by atoms with Crippen LogP contribution >= 0.6 is 15.9 Å². The quantitative estimate of drug-likeness (QED) is 0.862. The summed E-state index contributed by atoms with van der Waals surface area (Å²) in [4.78, 5) is 18.0. The number of carbonyl (C=O) groups excluding carboxylic acids is 1. The molecule has 0 aliphatic carbocycles. The van der Waals surface area contributed by atoms with Gasteiger partial charge in [0.05, 0.1) is 11.6 Å². The van der Waals surface area contributed by atoms with Crippen molar-refractivity contribution >= 4 is 21.8 Å². The van der Waals surface area contributed by atoms with Gasteiger partial charge < -0.3 is 9.64 Å². The summed E-state index contributed by atoms with van der Waals surface area (Å²) in [6.07, 6.45) is 3.44. The molecule has 1 amide bonds. The molecule has 4 nitrogen and oxygen atoms in total. The zero-order chi connectivity index (χ0) is 14.5. The van der Waals surface area contributed by atoms with Gasteiger partial charge in [-0.25, -0.2) is 0 Å². The number of methoxy groups -OCH3 is 1. The van der Waals surface area contributed by atoms with Crippen molar-refractivity contribution < 1.29 is 9.53 Å². The van der Waals surface area contributed by atoms with Gasteiger partial charge in [-0.3, -0.25) is 9.78 Å². The molecule has 0 saturated carbocycles. The number of hydrogen-bond acceptors (Lipinski definition) is 3. The van der Waals surface area contributed by atoms with Crippen LogP contribution in [0.1, 0.15) is 15.9 Å². The predicted molar refractivity (Wildman–Crippen MR) is 80.7 cm³/mol. The van der Waals surface area contributed by atoms with Gasteiger partial charge in [0.25, 0.3) is 5.91 Å². The van der Waals surface area contributed by atoms with Crippen molar-refractivity contribution in [2.75, 3.05) is 14.2 Å². The molecule has 0 aliphatic rings. The third kappa shape index (κ3) is 3.36. The van der Waals surface area contributed by atoms with E-state index >= 15 is 0 Å². The molecule has 0 spiro atoms. The Morgan fingerprint density at radius 3 is 2.60 bits per heavy atom. The van der Waals surface area contributed by atoms with Crippen LogP contribution in [0.15, 0.2) is 47.2 Å². The van der Waals surface area contributed by atoms with Gasteiger partial charge in [0.15, 0.2) is 0 Å². The molecule has 0 aliphatic heterocycles. The Balaban J connectivity index is 2.12. The number of aromatic nitrogens is 1. The summed E-state index contributed by atoms with van der Waals surface area (Å²) in [5, 5.41) is 0. The number of ether oxygens (including phenoxy) is 1. The minimum absolute atomic E-state index is 0.0369. The highest BCUT2D eigenvalue weighted by Crippen LogP contribution is 2.26. The second-order valence-corrected chi connectivity index (χ2v) is 5.22. The lowest BCUT2D eigenvalue weighted by Gasteiger charge is -2.17. The van der Waals surface area contributed by atoms with Gasteiger partial charge >= 0.3 is 0 Å². The zero-order valence-electron chi connectivity index (χ0n) is 11.3. The van der Waals surface area contributed by atoms with Crippen LogP contribution in [-0.4, -0.2) is 29.9 Å². The van der Waals surface area contributed by atoms with Gasteiger partial charge in [0.2, 0.25) is 0 Å². The first kappa shape index (κ1) is 14.5. The third-order valence-electron chi connectivity index (χ3n) is 2.91. The normalized spacial score (nSPS) is 10.2. The molecule has 1 aromatic carbocycles. The monoisotopic (exact) mass is 334 g/mol. The molecule has 2 aromatic rings. The van der Waals surface area contributed by atoms with E-state index in [1.54, 1.807) is 49.7 Å². The van der Waals surface area contributed by atoms with Crippen molar-refractivity contribution in [1.82, 2.24) is 9.88 Å². The summed E-state index contributed by atoms with van der Waals surface area (Å²) in [5.74, 6) is 0.670. The van der Waals surface area contributed by atoms with E-state index in [4.69, 9.17) is 4.74 Å². The van der Waals surface area contributed by atoms with Crippen LogP contribution in [0.5, 0.6) is 5.75 Å². The Morgan fingerprint density at radius 2 is 2.00 bits per heavy atom. The Bertz CT molecular complexity index is 602. The topological polar surface area (TPSA) is 42.4 Å². The van der Waals surface area contributed by atoms with Gasteiger partial charge in [-0.15, -0.1) is 0 Å². The summed E-state index contributed by atoms with van der Waals surface area (Å²) >= 11 is 3.39. The van der Waals surface area contributed by atoms with Gasteiger partial charge in [-0.2, -0.15) is 0 Å². The molecule has 104 valence electrons. The minimum atomic E-state index is -0.0369. The van der Waals surface area contributed by atoms with Crippen LogP contribution < -0.4 is 4.74 Å². The van der Waals surface area contributed by atoms with E-state index in [-0.39, 0.29) is 5.91 Å². The van der Waals surface area contributed by atoms with E-state index in [1.807, 2.05) is 12.1 Å². The van der Waals surface area contributed by atoms with Gasteiger partial charge in [-0.1, -0.05) is 0 Å². The number of pyridine rings is 1. The van der Waals surface area contributed by atoms with E-state index in [9.17, 15) is 4.79 Å². The van der Waals surface area contributed by atoms with E-state index in [1.165, 1.54) is 0 Å². The number of rotatable bonds is 4. The summed E-state index contributed by atoms with van der Waals surface area (Å²) < 4.78 is 5.92. The average molecular weight is 335 g/mol. The van der Waals surface area contributed by atoms with Crippen molar-refractivity contribution in [3.8, 4) is 5.75 Å². The zero-order valence-corrected chi connectivity index (χ0v) is 12.9. The molecule has 0 unspecified atom stereocenters. The SMILES string of the molecule is COc1ccc(C(=O)N(C)Cc2ccncc2)cc1Br. The first-order chi connectivity index (χ1) is 9.61. The van der Waals surface area contributed by atoms with Crippen molar-refractivity contribution in [3.63, 3.8) is 0 Å². The molecule has 1 aromatic heterocycles. The number of hydrogen-bond donors (Lipinski definition) is 0. The molecule has 20 heavy (non-hydrogen) atoms. The van der Waals surface area contributed by atoms with Crippen LogP contribution in [0, 0.1) is 0 Å². The molecule has 0 N–H and O–H groups in total. The Morgan fingerprint density at radius 1 is 1.30 bits per heavy atom. The second-order valence-electron chi connectivity index (χ2n) is 4.37. The molecule has 1 heterocycles. The van der Waals surface area contributed by atoms with Crippen LogP contribution in [-0.2, 0) is 6.54 Å². The minimum Gasteiger partial charge on any atom is -0.496 e. The highest BCUT2D eigenvalue weighted by Gasteiger charge is 2.13. The second kappa shape index (κ2) is 6.52. The molecular formula is C15H15BrN2O2. The number of nitrogens with zero attached hydrogens (tertiary/aromatic N) is 2. The fraction of sp³-hybridized carbons (Fsp3) is 0.200. The molecule has 0 radical (unpaired) electrons. The number of carbonyl (C=O) groups is 1. The smallest absolute Gasteiger partial charge is 0.253 e. The summed E-state index contributed by atoms with van der Waals surface area (Å²) in [6.45, 7) is 0.547. The molecule has 0 fully saturated rings. The summed E-state index contributed by atoms with van der Waals surface area (Å²) in [7, 11) is 3.37. The Kier molecular flexibility index (Phi) is 4.74. The fourth-order valence-electron chi connectivity index (χ4n) is 1.85. The third-order valence-corrected chi connectivity index (χ3v) is 3.53. The number of amides is 1. The molecule has 2 rings (SSSR count). The lowest BCUT2D eigenvalue weighted by Crippen LogP contribution is -2.26. The van der Waals surface area contributed by atoms with Crippen LogP contribution in [0.4, 0.5) is 0 Å². The fourth-order valence-corrected chi connectivity index (χ4v) is 2.39. The molecule has 0 bridgehead atoms. The number of halogens is 1. The van der Waals surface area contributed by atoms with E-state index in [2.05, 4.69) is 20.9 Å². The molecular weight excluding hydrogens is 320 g/mol. The van der Waals surface area contributed by atoms with E-state index in [0.29, 0.717) is 17.9 Å². The summed E-state index contributed by atoms with van der Waals surface area (Å²) in [5.41, 5.74) is 1.66. The highest BCUT2D eigenvalue weighted by atomic mass is 79.9. The lowest BCUT2D eigenvalue weighted by molar-refractivity contribution is 0.0785. The van der Waals surface area contributed by atoms with Crippen LogP contribution in [0.2, 0.25) is 0 Å². The maximum absolute atomic E-state index is 12.3. The first-order valence-electron chi connectivity index (χ1n) is 6.09. The van der Waals surface area contributed by atoms with Gasteiger partial charge in [-0.05, 0) is 51.8 Å². The van der Waals surface area contributed by atoms with E-state index < -0.39 is 0 Å². The Hall–Kier alpha value is -1.88. The number of benzene rings is 1. The molecule has 5 heteroatoms. The first-order valence-corrected chi connectivity index (χ1v) is 6.89. The molecule has 0 saturated heterocycles. The highest BCUT2D eigenvalue weighted by molar-refractivity contribution is 9.10. The van der Waals surface area contributed by atoms with Crippen molar-refractivity contribution in [1.29, 1.82) is 0 Å². The largest absolute Gasteiger partial charge is 0.496 e. The molecule has 0 atom stereocenters. The van der Waals surface area contributed by atoms with Crippen LogP contribution in [0.25, 0.3) is 0 Å². The van der Waals surface area contributed by atoms with Crippen molar-refractivity contribution in [3.05, 3.63) is 58.3 Å². The van der Waals surface area contributed by atoms with Crippen LogP contribution in [0.3, 0.4) is 0 Å². The maximum Gasteiger partial charge on any atom is 0.253 e. The maximum atomic E-state index is 12.3. The van der Waals surface area contributed by atoms with Gasteiger partial charge in [0.1, 0.15) is 5.75 Å². The average Bonchev–Trinajstić information content (AvgIpc) is 2.47. The van der Waals surface area contributed by atoms with Crippen molar-refractivity contribution in [2.24, 2.45) is 0 Å². The lowest BCUT2D eigenvalue weighted by atomic mass is 10.2. The van der Waals surface area contributed by atoms with E-state index in [0.717, 1.165) is 10.0 Å². The standard InChI is InChI=1S/C15H15BrN2O2/c1-18(10-11-5-7-17-8-6-11)15(19)12-3-4-14(20-2)13(16)9-12/h3-9H,10H2,1-2H3. The summed E-state index contributed by atoms with van der Waals surface area (Å²) in [6, 6.07) is 9.10. The Labute approximate surface area is 126 Å². The van der Waals surface area contributed by atoms with Crippen molar-refractivity contribution in [2.45, 2.75) is 6.54 Å². The van der Waals surface area contributed by atoms with Gasteiger partial charge in [0, 0.05) is 31.5 Å².